The van der Waals surface area contributed by atoms with E-state index in [4.69, 9.17) is 4.74 Å². The number of halogens is 10. The number of alkyl halides is 9. The number of carbonyl (C=O) groups excluding carboxylic acids is 2. The Labute approximate surface area is 243 Å². The van der Waals surface area contributed by atoms with Crippen molar-refractivity contribution in [3.63, 3.8) is 0 Å². The minimum Gasteiger partial charge on any atom is -0.443 e. The molecule has 42 heavy (non-hydrogen) atoms. The highest BCUT2D eigenvalue weighted by Crippen LogP contribution is 2.45. The molecule has 232 valence electrons. The van der Waals surface area contributed by atoms with Crippen LogP contribution in [0.15, 0.2) is 34.8 Å². The number of rotatable bonds is 3. The van der Waals surface area contributed by atoms with Gasteiger partial charge in [-0.3, -0.25) is 9.69 Å². The highest BCUT2D eigenvalue weighted by molar-refractivity contribution is 9.10. The van der Waals surface area contributed by atoms with Crippen LogP contribution in [0.3, 0.4) is 0 Å². The molecule has 1 aliphatic rings. The van der Waals surface area contributed by atoms with Crippen molar-refractivity contribution in [3.8, 4) is 0 Å². The van der Waals surface area contributed by atoms with E-state index in [0.29, 0.717) is 18.2 Å². The van der Waals surface area contributed by atoms with Crippen LogP contribution >= 0.6 is 15.9 Å². The lowest BCUT2D eigenvalue weighted by Gasteiger charge is -2.33. The average Bonchev–Trinajstić information content (AvgIpc) is 2.98. The quantitative estimate of drug-likeness (QED) is 0.305. The van der Waals surface area contributed by atoms with Crippen molar-refractivity contribution in [2.45, 2.75) is 77.3 Å². The first-order valence-electron chi connectivity index (χ1n) is 12.5. The zero-order chi connectivity index (χ0) is 32.0. The van der Waals surface area contributed by atoms with Crippen LogP contribution in [0.25, 0.3) is 0 Å². The van der Waals surface area contributed by atoms with Gasteiger partial charge in [-0.15, -0.1) is 0 Å². The van der Waals surface area contributed by atoms with Gasteiger partial charge in [0, 0.05) is 24.5 Å². The summed E-state index contributed by atoms with van der Waals surface area (Å²) in [7, 11) is 0. The number of ether oxygens (including phenoxy) is 1. The van der Waals surface area contributed by atoms with Gasteiger partial charge in [-0.25, -0.2) is 4.79 Å². The molecule has 1 atom stereocenters. The van der Waals surface area contributed by atoms with Gasteiger partial charge in [0.2, 0.25) is 5.91 Å². The van der Waals surface area contributed by atoms with E-state index in [-0.39, 0.29) is 36.7 Å². The van der Waals surface area contributed by atoms with Crippen molar-refractivity contribution in [1.82, 2.24) is 4.90 Å². The second-order valence-corrected chi connectivity index (χ2v) is 11.6. The first-order chi connectivity index (χ1) is 19.0. The summed E-state index contributed by atoms with van der Waals surface area (Å²) >= 11 is 2.88. The van der Waals surface area contributed by atoms with Gasteiger partial charge in [-0.2, -0.15) is 39.5 Å². The Morgan fingerprint density at radius 2 is 1.45 bits per heavy atom. The van der Waals surface area contributed by atoms with Gasteiger partial charge in [-0.1, -0.05) is 15.9 Å². The van der Waals surface area contributed by atoms with Crippen molar-refractivity contribution in [1.29, 1.82) is 0 Å². The number of hydrogen-bond donors (Lipinski definition) is 0. The summed E-state index contributed by atoms with van der Waals surface area (Å²) in [6.45, 7) is 4.83. The van der Waals surface area contributed by atoms with E-state index in [1.54, 1.807) is 20.8 Å². The Bertz CT molecular complexity index is 1320. The molecule has 2 aromatic rings. The summed E-state index contributed by atoms with van der Waals surface area (Å²) in [5.41, 5.74) is -6.04. The van der Waals surface area contributed by atoms with Crippen molar-refractivity contribution in [2.75, 3.05) is 11.4 Å². The van der Waals surface area contributed by atoms with Crippen LogP contribution in [0.1, 0.15) is 74.4 Å². The number of nitrogens with zero attached hydrogens (tertiary/aromatic N) is 2. The Balaban J connectivity index is 2.20. The van der Waals surface area contributed by atoms with E-state index in [2.05, 4.69) is 15.9 Å². The van der Waals surface area contributed by atoms with Crippen LogP contribution in [0.4, 0.5) is 50.0 Å². The molecule has 0 bridgehead atoms. The number of fused-ring (bicyclic) bond motifs is 1. The van der Waals surface area contributed by atoms with Crippen molar-refractivity contribution in [3.05, 3.63) is 62.6 Å². The van der Waals surface area contributed by atoms with E-state index in [0.717, 1.165) is 22.8 Å². The third-order valence-corrected chi connectivity index (χ3v) is 6.98. The number of benzene rings is 2. The largest absolute Gasteiger partial charge is 0.443 e. The third-order valence-electron chi connectivity index (χ3n) is 6.33. The van der Waals surface area contributed by atoms with Crippen LogP contribution in [0.5, 0.6) is 0 Å². The molecule has 0 saturated heterocycles. The molecule has 0 N–H and O–H groups in total. The maximum Gasteiger partial charge on any atom is 0.417 e. The molecule has 15 heteroatoms. The Morgan fingerprint density at radius 3 is 1.90 bits per heavy atom. The third kappa shape index (κ3) is 7.90. The lowest BCUT2D eigenvalue weighted by atomic mass is 9.96. The number of amides is 2. The molecule has 1 unspecified atom stereocenters. The molecule has 0 fully saturated rings. The minimum atomic E-state index is -5.13. The first kappa shape index (κ1) is 33.5. The molecule has 2 aromatic carbocycles. The molecular weight excluding hydrogens is 651 g/mol. The molecule has 1 aliphatic heterocycles. The molecule has 0 aliphatic carbocycles. The van der Waals surface area contributed by atoms with Gasteiger partial charge >= 0.3 is 24.6 Å². The molecule has 1 heterocycles. The van der Waals surface area contributed by atoms with Gasteiger partial charge < -0.3 is 9.64 Å². The number of anilines is 1. The highest BCUT2D eigenvalue weighted by Gasteiger charge is 2.40. The van der Waals surface area contributed by atoms with E-state index in [1.165, 1.54) is 0 Å². The fourth-order valence-corrected chi connectivity index (χ4v) is 5.18. The molecule has 0 saturated carbocycles. The Hall–Kier alpha value is -2.97. The SMILES string of the molecule is CC(=O)N(Cc1cc(C(F)(F)F)cc(C(F)(F)F)c1)C1CCCN(C(=O)OC(C)(C)C)c2cc(C(F)(F)F)c(Br)cc21. The topological polar surface area (TPSA) is 49.9 Å². The number of hydrogen-bond acceptors (Lipinski definition) is 3. The Morgan fingerprint density at radius 1 is 0.905 bits per heavy atom. The standard InChI is InChI=1S/C27H26BrF9N2O3/c1-14(40)39(13-15-8-16(25(29,30)31)10-17(9-15)26(32,33)34)21-6-5-7-38(23(41)42-24(2,3)4)22-12-19(27(35,36)37)20(28)11-18(21)22/h8-12,21H,5-7,13H2,1-4H3. The molecule has 0 spiro atoms. The summed E-state index contributed by atoms with van der Waals surface area (Å²) in [5.74, 6) is -0.765. The van der Waals surface area contributed by atoms with Gasteiger partial charge in [0.05, 0.1) is 28.4 Å². The van der Waals surface area contributed by atoms with E-state index < -0.39 is 75.4 Å². The molecule has 0 aromatic heterocycles. The smallest absolute Gasteiger partial charge is 0.417 e. The second-order valence-electron chi connectivity index (χ2n) is 10.7. The lowest BCUT2D eigenvalue weighted by Crippen LogP contribution is -2.38. The molecule has 2 amide bonds. The first-order valence-corrected chi connectivity index (χ1v) is 13.2. The maximum atomic E-state index is 13.8. The van der Waals surface area contributed by atoms with E-state index >= 15 is 0 Å². The molecular formula is C27H26BrF9N2O3. The summed E-state index contributed by atoms with van der Waals surface area (Å²) < 4.78 is 127. The highest BCUT2D eigenvalue weighted by atomic mass is 79.9. The van der Waals surface area contributed by atoms with Crippen LogP contribution in [0.2, 0.25) is 0 Å². The molecule has 0 radical (unpaired) electrons. The predicted octanol–water partition coefficient (Wildman–Crippen LogP) is 9.13. The summed E-state index contributed by atoms with van der Waals surface area (Å²) in [6, 6.07) is 1.56. The normalized spacial score (nSPS) is 16.5. The van der Waals surface area contributed by atoms with Crippen LogP contribution in [-0.4, -0.2) is 29.0 Å². The minimum absolute atomic E-state index is 0.0226. The molecule has 5 nitrogen and oxygen atoms in total. The summed E-state index contributed by atoms with van der Waals surface area (Å²) in [4.78, 5) is 27.8. The predicted molar refractivity (Wildman–Crippen MR) is 137 cm³/mol. The summed E-state index contributed by atoms with van der Waals surface area (Å²) in [5, 5.41) is 0. The van der Waals surface area contributed by atoms with E-state index in [1.807, 2.05) is 0 Å². The van der Waals surface area contributed by atoms with Crippen LogP contribution in [0, 0.1) is 0 Å². The van der Waals surface area contributed by atoms with Gasteiger partial charge in [0.15, 0.2) is 0 Å². The number of carbonyl (C=O) groups is 2. The summed E-state index contributed by atoms with van der Waals surface area (Å²) in [6.07, 6.45) is -16.0. The Kier molecular flexibility index (Phi) is 9.27. The second kappa shape index (κ2) is 11.6. The maximum absolute atomic E-state index is 13.8. The van der Waals surface area contributed by atoms with Crippen LogP contribution < -0.4 is 4.90 Å². The lowest BCUT2D eigenvalue weighted by molar-refractivity contribution is -0.143. The van der Waals surface area contributed by atoms with E-state index in [9.17, 15) is 49.1 Å². The monoisotopic (exact) mass is 676 g/mol. The molecule has 3 rings (SSSR count). The van der Waals surface area contributed by atoms with Gasteiger partial charge in [0.25, 0.3) is 0 Å². The zero-order valence-electron chi connectivity index (χ0n) is 22.7. The van der Waals surface area contributed by atoms with Crippen LogP contribution in [-0.2, 0) is 34.6 Å². The van der Waals surface area contributed by atoms with Gasteiger partial charge in [0.1, 0.15) is 5.60 Å². The van der Waals surface area contributed by atoms with Crippen molar-refractivity contribution >= 4 is 33.6 Å². The van der Waals surface area contributed by atoms with Gasteiger partial charge in [-0.05, 0) is 75.1 Å². The van der Waals surface area contributed by atoms with Crippen molar-refractivity contribution in [2.24, 2.45) is 0 Å². The fraction of sp³-hybridized carbons (Fsp3) is 0.481. The average molecular weight is 677 g/mol. The van der Waals surface area contributed by atoms with Crippen molar-refractivity contribution < 1.29 is 53.8 Å². The fourth-order valence-electron chi connectivity index (χ4n) is 4.59. The zero-order valence-corrected chi connectivity index (χ0v) is 24.3.